The zero-order valence-electron chi connectivity index (χ0n) is 10.9. The molecule has 0 atom stereocenters. The molecule has 0 amide bonds. The second kappa shape index (κ2) is 5.43. The minimum absolute atomic E-state index is 0.320. The first-order valence-electron chi connectivity index (χ1n) is 5.94. The molecule has 3 N–H and O–H groups in total. The number of nitrogen functional groups attached to an aromatic ring is 1. The van der Waals surface area contributed by atoms with Gasteiger partial charge in [0.15, 0.2) is 5.82 Å². The number of ether oxygens (including phenoxy) is 1. The fourth-order valence-electron chi connectivity index (χ4n) is 1.68. The molecular formula is C13H16N4O2. The Morgan fingerprint density at radius 3 is 2.89 bits per heavy atom. The molecule has 2 rings (SSSR count). The molecule has 0 bridgehead atoms. The van der Waals surface area contributed by atoms with Crippen LogP contribution in [0.5, 0.6) is 0 Å². The van der Waals surface area contributed by atoms with Crippen molar-refractivity contribution in [1.82, 2.24) is 9.78 Å². The number of rotatable bonds is 4. The zero-order valence-corrected chi connectivity index (χ0v) is 10.9. The Morgan fingerprint density at radius 1 is 1.47 bits per heavy atom. The summed E-state index contributed by atoms with van der Waals surface area (Å²) in [4.78, 5) is 11.8. The van der Waals surface area contributed by atoms with Gasteiger partial charge < -0.3 is 15.8 Å². The minimum Gasteiger partial charge on any atom is -0.462 e. The lowest BCUT2D eigenvalue weighted by Crippen LogP contribution is -2.07. The Kier molecular flexibility index (Phi) is 3.70. The number of aryl methyl sites for hydroxylation is 1. The Hall–Kier alpha value is -2.50. The van der Waals surface area contributed by atoms with Crippen molar-refractivity contribution in [1.29, 1.82) is 0 Å². The summed E-state index contributed by atoms with van der Waals surface area (Å²) in [5.74, 6) is 0.0199. The molecule has 2 aromatic rings. The number of carbonyl (C=O) groups excluding carboxylic acids is 1. The van der Waals surface area contributed by atoms with Crippen molar-refractivity contribution in [3.63, 3.8) is 0 Å². The van der Waals surface area contributed by atoms with Crippen LogP contribution in [0.1, 0.15) is 17.3 Å². The molecule has 19 heavy (non-hydrogen) atoms. The second-order valence-corrected chi connectivity index (χ2v) is 4.00. The molecule has 1 aromatic carbocycles. The van der Waals surface area contributed by atoms with Gasteiger partial charge in [0.1, 0.15) is 5.56 Å². The van der Waals surface area contributed by atoms with Gasteiger partial charge >= 0.3 is 5.97 Å². The van der Waals surface area contributed by atoms with Gasteiger partial charge in [0.2, 0.25) is 0 Å². The summed E-state index contributed by atoms with van der Waals surface area (Å²) in [7, 11) is 1.74. The number of benzene rings is 1. The first kappa shape index (κ1) is 12.9. The fourth-order valence-corrected chi connectivity index (χ4v) is 1.68. The Morgan fingerprint density at radius 2 is 2.21 bits per heavy atom. The van der Waals surface area contributed by atoms with E-state index in [4.69, 9.17) is 10.5 Å². The Balaban J connectivity index is 2.30. The largest absolute Gasteiger partial charge is 0.462 e. The molecule has 0 unspecified atom stereocenters. The molecule has 0 saturated heterocycles. The van der Waals surface area contributed by atoms with Crippen LogP contribution in [0.4, 0.5) is 17.2 Å². The van der Waals surface area contributed by atoms with Crippen LogP contribution in [0.2, 0.25) is 0 Å². The smallest absolute Gasteiger partial charge is 0.343 e. The van der Waals surface area contributed by atoms with Crippen LogP contribution in [-0.2, 0) is 11.8 Å². The quantitative estimate of drug-likeness (QED) is 0.648. The number of carbonyl (C=O) groups is 1. The van der Waals surface area contributed by atoms with Gasteiger partial charge in [-0.1, -0.05) is 12.1 Å². The van der Waals surface area contributed by atoms with Crippen LogP contribution in [0.15, 0.2) is 30.5 Å². The number of aromatic nitrogens is 2. The number of nitrogens with zero attached hydrogens (tertiary/aromatic N) is 2. The zero-order chi connectivity index (χ0) is 13.8. The molecule has 0 radical (unpaired) electrons. The maximum Gasteiger partial charge on any atom is 0.343 e. The van der Waals surface area contributed by atoms with E-state index >= 15 is 0 Å². The summed E-state index contributed by atoms with van der Waals surface area (Å²) in [5.41, 5.74) is 7.52. The maximum absolute atomic E-state index is 11.8. The van der Waals surface area contributed by atoms with Crippen LogP contribution >= 0.6 is 0 Å². The summed E-state index contributed by atoms with van der Waals surface area (Å²) >= 11 is 0. The Bertz CT molecular complexity index is 592. The van der Waals surface area contributed by atoms with Crippen LogP contribution in [0, 0.1) is 0 Å². The van der Waals surface area contributed by atoms with Gasteiger partial charge in [-0.2, -0.15) is 5.10 Å². The highest BCUT2D eigenvalue weighted by Crippen LogP contribution is 2.24. The number of hydrogen-bond donors (Lipinski definition) is 2. The number of anilines is 3. The first-order valence-corrected chi connectivity index (χ1v) is 5.94. The van der Waals surface area contributed by atoms with Crippen LogP contribution in [-0.4, -0.2) is 22.4 Å². The van der Waals surface area contributed by atoms with Gasteiger partial charge in [-0.05, 0) is 19.1 Å². The molecule has 0 aliphatic rings. The van der Waals surface area contributed by atoms with Crippen molar-refractivity contribution < 1.29 is 9.53 Å². The summed E-state index contributed by atoms with van der Waals surface area (Å²) in [6, 6.07) is 7.28. The third-order valence-electron chi connectivity index (χ3n) is 2.54. The lowest BCUT2D eigenvalue weighted by Gasteiger charge is -2.08. The topological polar surface area (TPSA) is 82.2 Å². The average Bonchev–Trinajstić information content (AvgIpc) is 2.74. The SMILES string of the molecule is CCOC(=O)c1cn(C)nc1Nc1ccccc1N. The number of hydrogen-bond acceptors (Lipinski definition) is 5. The second-order valence-electron chi connectivity index (χ2n) is 4.00. The number of esters is 1. The van der Waals surface area contributed by atoms with E-state index in [-0.39, 0.29) is 0 Å². The summed E-state index contributed by atoms with van der Waals surface area (Å²) < 4.78 is 6.54. The monoisotopic (exact) mass is 260 g/mol. The van der Waals surface area contributed by atoms with Gasteiger partial charge in [-0.15, -0.1) is 0 Å². The first-order chi connectivity index (χ1) is 9.11. The molecule has 0 fully saturated rings. The fraction of sp³-hybridized carbons (Fsp3) is 0.231. The van der Waals surface area contributed by atoms with Crippen LogP contribution < -0.4 is 11.1 Å². The van der Waals surface area contributed by atoms with Crippen molar-refractivity contribution in [3.8, 4) is 0 Å². The van der Waals surface area contributed by atoms with Gasteiger partial charge in [0.05, 0.1) is 18.0 Å². The molecule has 0 saturated carbocycles. The van der Waals surface area contributed by atoms with E-state index in [1.165, 1.54) is 0 Å². The van der Waals surface area contributed by atoms with E-state index in [0.29, 0.717) is 29.4 Å². The molecule has 100 valence electrons. The molecule has 6 nitrogen and oxygen atoms in total. The number of nitrogens with two attached hydrogens (primary N) is 1. The third-order valence-corrected chi connectivity index (χ3v) is 2.54. The van der Waals surface area contributed by atoms with Gasteiger partial charge in [-0.25, -0.2) is 4.79 Å². The molecule has 0 aliphatic carbocycles. The van der Waals surface area contributed by atoms with Gasteiger partial charge in [-0.3, -0.25) is 4.68 Å². The third kappa shape index (κ3) is 2.85. The van der Waals surface area contributed by atoms with Crippen molar-refractivity contribution in [2.45, 2.75) is 6.92 Å². The summed E-state index contributed by atoms with van der Waals surface area (Å²) in [6.45, 7) is 2.08. The van der Waals surface area contributed by atoms with Gasteiger partial charge in [0.25, 0.3) is 0 Å². The van der Waals surface area contributed by atoms with Crippen LogP contribution in [0.3, 0.4) is 0 Å². The highest BCUT2D eigenvalue weighted by Gasteiger charge is 2.17. The standard InChI is InChI=1S/C13H16N4O2/c1-3-19-13(18)9-8-17(2)16-12(9)15-11-7-5-4-6-10(11)14/h4-8H,3,14H2,1-2H3,(H,15,16). The highest BCUT2D eigenvalue weighted by molar-refractivity contribution is 5.95. The molecule has 0 spiro atoms. The minimum atomic E-state index is -0.410. The molecule has 0 aliphatic heterocycles. The lowest BCUT2D eigenvalue weighted by molar-refractivity contribution is 0.0527. The predicted octanol–water partition coefficient (Wildman–Crippen LogP) is 1.92. The van der Waals surface area contributed by atoms with E-state index in [9.17, 15) is 4.79 Å². The summed E-state index contributed by atoms with van der Waals surface area (Å²) in [6.07, 6.45) is 1.61. The van der Waals surface area contributed by atoms with Crippen LogP contribution in [0.25, 0.3) is 0 Å². The number of para-hydroxylation sites is 2. The molecule has 1 heterocycles. The summed E-state index contributed by atoms with van der Waals surface area (Å²) in [5, 5.41) is 7.24. The van der Waals surface area contributed by atoms with Gasteiger partial charge in [0, 0.05) is 13.2 Å². The van der Waals surface area contributed by atoms with Crippen molar-refractivity contribution in [3.05, 3.63) is 36.0 Å². The van der Waals surface area contributed by atoms with E-state index < -0.39 is 5.97 Å². The van der Waals surface area contributed by atoms with Crippen molar-refractivity contribution in [2.24, 2.45) is 7.05 Å². The number of nitrogens with one attached hydrogen (secondary N) is 1. The molecule has 1 aromatic heterocycles. The normalized spacial score (nSPS) is 10.2. The highest BCUT2D eigenvalue weighted by atomic mass is 16.5. The van der Waals surface area contributed by atoms with Crippen molar-refractivity contribution in [2.75, 3.05) is 17.7 Å². The average molecular weight is 260 g/mol. The molecule has 6 heteroatoms. The lowest BCUT2D eigenvalue weighted by atomic mass is 10.2. The Labute approximate surface area is 111 Å². The van der Waals surface area contributed by atoms with E-state index in [1.54, 1.807) is 30.9 Å². The van der Waals surface area contributed by atoms with E-state index in [2.05, 4.69) is 10.4 Å². The van der Waals surface area contributed by atoms with Crippen molar-refractivity contribution >= 4 is 23.2 Å². The maximum atomic E-state index is 11.8. The predicted molar refractivity (Wildman–Crippen MR) is 73.3 cm³/mol. The van der Waals surface area contributed by atoms with E-state index in [0.717, 1.165) is 0 Å². The van der Waals surface area contributed by atoms with E-state index in [1.807, 2.05) is 18.2 Å². The molecular weight excluding hydrogens is 244 g/mol.